The summed E-state index contributed by atoms with van der Waals surface area (Å²) in [5, 5.41) is 7.68. The van der Waals surface area contributed by atoms with Crippen molar-refractivity contribution in [2.75, 3.05) is 49.5 Å². The number of hydrogen-bond acceptors (Lipinski definition) is 10. The quantitative estimate of drug-likeness (QED) is 0.152. The van der Waals surface area contributed by atoms with Gasteiger partial charge < -0.3 is 39.0 Å². The molecule has 19 heteroatoms. The second kappa shape index (κ2) is 19.8. The minimum Gasteiger partial charge on any atom is -0.444 e. The zero-order valence-electron chi connectivity index (χ0n) is 38.2. The molecule has 2 aliphatic heterocycles. The van der Waals surface area contributed by atoms with Crippen molar-refractivity contribution in [1.82, 2.24) is 20.4 Å². The van der Waals surface area contributed by atoms with E-state index in [4.69, 9.17) is 18.9 Å². The third-order valence-corrected chi connectivity index (χ3v) is 8.62. The first kappa shape index (κ1) is 49.4. The van der Waals surface area contributed by atoms with Crippen molar-refractivity contribution in [3.63, 3.8) is 0 Å². The Kier molecular flexibility index (Phi) is 15.6. The lowest BCUT2D eigenvalue weighted by atomic mass is 9.97. The van der Waals surface area contributed by atoms with E-state index < -0.39 is 64.3 Å². The minimum absolute atomic E-state index is 0.00655. The molecule has 3 N–H and O–H groups in total. The third-order valence-electron chi connectivity index (χ3n) is 8.62. The number of aliphatic imine (C=N–C) groups is 2. The molecule has 0 spiro atoms. The third kappa shape index (κ3) is 16.2. The standard InChI is InChI=1S/C44H60F2N8O9/c1-41(2,3)60-37(56)48-35(49-38(57)61-42(4,5)6)53-19-17-27(18-20-53)30-15-13-28(25-31(30)45)34(55)47-29-14-16-33(32(46)26-29)52-21-23-54(24-22-52)36(50-39(58)62-43(7,8)9)51-40(59)63-44(10,11)12/h13-17,25-26H,18-24H2,1-12H3,(H,47,55)(H,48,49,56,57)(H,50,51,58,59). The van der Waals surface area contributed by atoms with Crippen LogP contribution in [0.5, 0.6) is 0 Å². The van der Waals surface area contributed by atoms with Crippen LogP contribution in [-0.2, 0) is 18.9 Å². The fourth-order valence-corrected chi connectivity index (χ4v) is 6.11. The van der Waals surface area contributed by atoms with Crippen molar-refractivity contribution in [3.8, 4) is 0 Å². The molecular formula is C44H60F2N8O9. The summed E-state index contributed by atoms with van der Waals surface area (Å²) in [5.41, 5.74) is -1.95. The van der Waals surface area contributed by atoms with E-state index >= 15 is 8.78 Å². The molecule has 0 aliphatic carbocycles. The van der Waals surface area contributed by atoms with Crippen LogP contribution in [0, 0.1) is 11.6 Å². The first-order valence-electron chi connectivity index (χ1n) is 20.5. The number of ether oxygens (including phenoxy) is 4. The first-order chi connectivity index (χ1) is 29.0. The van der Waals surface area contributed by atoms with E-state index in [9.17, 15) is 24.0 Å². The number of halogens is 2. The Balaban J connectivity index is 1.40. The van der Waals surface area contributed by atoms with E-state index in [0.29, 0.717) is 12.0 Å². The van der Waals surface area contributed by atoms with Crippen molar-refractivity contribution < 1.29 is 51.7 Å². The second-order valence-corrected chi connectivity index (χ2v) is 18.8. The van der Waals surface area contributed by atoms with Crippen molar-refractivity contribution in [2.24, 2.45) is 9.98 Å². The number of guanidine groups is 2. The molecule has 2 heterocycles. The summed E-state index contributed by atoms with van der Waals surface area (Å²) in [4.78, 5) is 76.6. The average Bonchev–Trinajstić information content (AvgIpc) is 3.11. The van der Waals surface area contributed by atoms with Crippen LogP contribution in [0.15, 0.2) is 52.5 Å². The zero-order valence-corrected chi connectivity index (χ0v) is 38.2. The van der Waals surface area contributed by atoms with Crippen LogP contribution in [0.25, 0.3) is 5.57 Å². The van der Waals surface area contributed by atoms with Gasteiger partial charge in [0.2, 0.25) is 11.9 Å². The van der Waals surface area contributed by atoms with Crippen LogP contribution in [0.4, 0.5) is 39.3 Å². The van der Waals surface area contributed by atoms with Gasteiger partial charge in [0.05, 0.1) is 5.69 Å². The minimum atomic E-state index is -0.910. The van der Waals surface area contributed by atoms with Crippen molar-refractivity contribution in [3.05, 3.63) is 65.2 Å². The number of carbonyl (C=O) groups is 5. The van der Waals surface area contributed by atoms with E-state index in [1.807, 2.05) is 0 Å². The summed E-state index contributed by atoms with van der Waals surface area (Å²) in [6, 6.07) is 8.26. The van der Waals surface area contributed by atoms with E-state index in [-0.39, 0.29) is 73.7 Å². The Bertz CT molecular complexity index is 2140. The summed E-state index contributed by atoms with van der Waals surface area (Å²) < 4.78 is 52.5. The summed E-state index contributed by atoms with van der Waals surface area (Å²) in [7, 11) is 0. The van der Waals surface area contributed by atoms with Gasteiger partial charge in [0, 0.05) is 56.1 Å². The molecule has 1 saturated heterocycles. The maximum Gasteiger partial charge on any atom is 0.437 e. The van der Waals surface area contributed by atoms with Crippen molar-refractivity contribution >= 4 is 59.1 Å². The number of piperazine rings is 1. The van der Waals surface area contributed by atoms with Gasteiger partial charge in [-0.25, -0.2) is 28.0 Å². The van der Waals surface area contributed by atoms with Gasteiger partial charge in [0.1, 0.15) is 34.0 Å². The number of nitrogens with zero attached hydrogens (tertiary/aromatic N) is 5. The predicted octanol–water partition coefficient (Wildman–Crippen LogP) is 8.06. The molecule has 344 valence electrons. The van der Waals surface area contributed by atoms with E-state index in [1.54, 1.807) is 104 Å². The topological polar surface area (TPSA) is 193 Å². The lowest BCUT2D eigenvalue weighted by molar-refractivity contribution is 0.0536. The highest BCUT2D eigenvalue weighted by atomic mass is 19.1. The molecule has 0 atom stereocenters. The highest BCUT2D eigenvalue weighted by molar-refractivity contribution is 6.04. The SMILES string of the molecule is CC(C)(C)OC(=O)/N=C(/NC(=O)OC(C)(C)C)N1CC=C(c2ccc(C(=O)Nc3ccc(N4CCN(/C(=N\C(=O)OC(C)(C)C)NC(=O)OC(C)(C)C)CC4)c(F)c3)cc2F)CC1. The highest BCUT2D eigenvalue weighted by Gasteiger charge is 2.29. The number of nitrogens with one attached hydrogen (secondary N) is 3. The van der Waals surface area contributed by atoms with Gasteiger partial charge in [-0.05, 0) is 125 Å². The Labute approximate surface area is 367 Å². The van der Waals surface area contributed by atoms with Crippen LogP contribution in [0.3, 0.4) is 0 Å². The van der Waals surface area contributed by atoms with Crippen LogP contribution in [0.2, 0.25) is 0 Å². The lowest BCUT2D eigenvalue weighted by Gasteiger charge is -2.37. The van der Waals surface area contributed by atoms with Crippen LogP contribution < -0.4 is 20.9 Å². The molecule has 0 radical (unpaired) electrons. The molecule has 17 nitrogen and oxygen atoms in total. The summed E-state index contributed by atoms with van der Waals surface area (Å²) in [5.74, 6) is -2.07. The number of hydrogen-bond donors (Lipinski definition) is 3. The molecule has 0 saturated carbocycles. The number of carbonyl (C=O) groups excluding carboxylic acids is 5. The maximum absolute atomic E-state index is 15.6. The highest BCUT2D eigenvalue weighted by Crippen LogP contribution is 2.28. The van der Waals surface area contributed by atoms with Gasteiger partial charge in [0.15, 0.2) is 0 Å². The largest absolute Gasteiger partial charge is 0.444 e. The Morgan fingerprint density at radius 3 is 1.56 bits per heavy atom. The number of anilines is 2. The monoisotopic (exact) mass is 882 g/mol. The molecule has 0 bridgehead atoms. The van der Waals surface area contributed by atoms with E-state index in [0.717, 1.165) is 6.07 Å². The summed E-state index contributed by atoms with van der Waals surface area (Å²) in [6.45, 7) is 21.8. The first-order valence-corrected chi connectivity index (χ1v) is 20.5. The fourth-order valence-electron chi connectivity index (χ4n) is 6.11. The molecule has 63 heavy (non-hydrogen) atoms. The van der Waals surface area contributed by atoms with Crippen LogP contribution in [0.1, 0.15) is 105 Å². The predicted molar refractivity (Wildman–Crippen MR) is 235 cm³/mol. The Hall–Kier alpha value is -6.27. The molecule has 2 aromatic carbocycles. The summed E-state index contributed by atoms with van der Waals surface area (Å²) in [6.07, 6.45) is -1.40. The van der Waals surface area contributed by atoms with E-state index in [2.05, 4.69) is 25.9 Å². The maximum atomic E-state index is 15.6. The van der Waals surface area contributed by atoms with Crippen molar-refractivity contribution in [1.29, 1.82) is 0 Å². The van der Waals surface area contributed by atoms with Gasteiger partial charge in [0.25, 0.3) is 5.91 Å². The molecule has 0 unspecified atom stereocenters. The average molecular weight is 883 g/mol. The van der Waals surface area contributed by atoms with Gasteiger partial charge in [-0.2, -0.15) is 0 Å². The molecule has 4 rings (SSSR count). The molecule has 5 amide bonds. The molecule has 0 aromatic heterocycles. The number of alkyl carbamates (subject to hydrolysis) is 2. The molecule has 2 aromatic rings. The second-order valence-electron chi connectivity index (χ2n) is 18.8. The molecule has 1 fully saturated rings. The van der Waals surface area contributed by atoms with Gasteiger partial charge >= 0.3 is 24.4 Å². The van der Waals surface area contributed by atoms with Crippen LogP contribution >= 0.6 is 0 Å². The fraction of sp³-hybridized carbons (Fsp3) is 0.523. The summed E-state index contributed by atoms with van der Waals surface area (Å²) >= 11 is 0. The van der Waals surface area contributed by atoms with Gasteiger partial charge in [-0.3, -0.25) is 15.4 Å². The zero-order chi connectivity index (χ0) is 47.1. The molecular weight excluding hydrogens is 823 g/mol. The Morgan fingerprint density at radius 2 is 1.11 bits per heavy atom. The number of rotatable bonds is 4. The lowest BCUT2D eigenvalue weighted by Crippen LogP contribution is -2.54. The Morgan fingerprint density at radius 1 is 0.603 bits per heavy atom. The van der Waals surface area contributed by atoms with E-state index in [1.165, 1.54) is 30.3 Å². The van der Waals surface area contributed by atoms with Gasteiger partial charge in [-0.1, -0.05) is 12.1 Å². The molecule has 2 aliphatic rings. The number of benzene rings is 2. The normalized spacial score (nSPS) is 15.5. The smallest absolute Gasteiger partial charge is 0.437 e. The van der Waals surface area contributed by atoms with Crippen molar-refractivity contribution in [2.45, 2.75) is 112 Å². The number of amides is 5. The van der Waals surface area contributed by atoms with Gasteiger partial charge in [-0.15, -0.1) is 9.98 Å². The van der Waals surface area contributed by atoms with Crippen LogP contribution in [-0.4, -0.2) is 114 Å².